The molecule has 0 atom stereocenters. The lowest BCUT2D eigenvalue weighted by molar-refractivity contribution is -0.116. The van der Waals surface area contributed by atoms with Crippen molar-refractivity contribution in [3.05, 3.63) is 65.5 Å². The van der Waals surface area contributed by atoms with E-state index >= 15 is 0 Å². The summed E-state index contributed by atoms with van der Waals surface area (Å²) in [7, 11) is 1.58. The van der Waals surface area contributed by atoms with Crippen LogP contribution in [0.5, 0.6) is 0 Å². The van der Waals surface area contributed by atoms with Crippen molar-refractivity contribution in [2.75, 3.05) is 50.1 Å². The van der Waals surface area contributed by atoms with Crippen LogP contribution in [0.2, 0.25) is 0 Å². The zero-order chi connectivity index (χ0) is 23.4. The molecule has 0 saturated carbocycles. The molecule has 9 heteroatoms. The standard InChI is InChI=1S/C24H28N6O3/c1-17-4-8-21(9-5-17)30-18(2)23(26-27-30)24(32)28(3)16-22(31)25-19-6-10-20(11-7-19)29-12-14-33-15-13-29/h4-11H,12-16H2,1-3H3,(H,25,31). The number of rotatable bonds is 6. The number of carbonyl (C=O) groups is 2. The second-order valence-corrected chi connectivity index (χ2v) is 8.13. The molecule has 2 aromatic carbocycles. The molecular formula is C24H28N6O3. The topological polar surface area (TPSA) is 92.6 Å². The summed E-state index contributed by atoms with van der Waals surface area (Å²) < 4.78 is 7.00. The van der Waals surface area contributed by atoms with Crippen LogP contribution in [0.1, 0.15) is 21.7 Å². The van der Waals surface area contributed by atoms with Crippen LogP contribution in [-0.4, -0.2) is 71.6 Å². The maximum Gasteiger partial charge on any atom is 0.276 e. The lowest BCUT2D eigenvalue weighted by atomic mass is 10.2. The molecule has 0 unspecified atom stereocenters. The lowest BCUT2D eigenvalue weighted by Crippen LogP contribution is -2.36. The molecule has 4 rings (SSSR count). The van der Waals surface area contributed by atoms with Crippen LogP contribution in [0.15, 0.2) is 48.5 Å². The van der Waals surface area contributed by atoms with Crippen molar-refractivity contribution >= 4 is 23.2 Å². The van der Waals surface area contributed by atoms with E-state index in [0.717, 1.165) is 43.2 Å². The minimum atomic E-state index is -0.358. The fourth-order valence-corrected chi connectivity index (χ4v) is 3.70. The molecule has 1 aromatic heterocycles. The number of amides is 2. The monoisotopic (exact) mass is 448 g/mol. The molecule has 1 aliphatic rings. The van der Waals surface area contributed by atoms with Gasteiger partial charge in [-0.15, -0.1) is 5.10 Å². The minimum absolute atomic E-state index is 0.0963. The Morgan fingerprint density at radius 1 is 1.00 bits per heavy atom. The van der Waals surface area contributed by atoms with Gasteiger partial charge in [-0.1, -0.05) is 22.9 Å². The van der Waals surface area contributed by atoms with Crippen molar-refractivity contribution in [2.24, 2.45) is 0 Å². The van der Waals surface area contributed by atoms with E-state index in [2.05, 4.69) is 20.5 Å². The highest BCUT2D eigenvalue weighted by Crippen LogP contribution is 2.19. The average Bonchev–Trinajstić information content (AvgIpc) is 3.21. The molecule has 2 amide bonds. The van der Waals surface area contributed by atoms with Crippen LogP contribution in [0.4, 0.5) is 11.4 Å². The van der Waals surface area contributed by atoms with Gasteiger partial charge in [0, 0.05) is 31.5 Å². The van der Waals surface area contributed by atoms with E-state index in [1.807, 2.05) is 55.5 Å². The molecule has 1 aliphatic heterocycles. The number of aromatic nitrogens is 3. The van der Waals surface area contributed by atoms with Crippen LogP contribution >= 0.6 is 0 Å². The average molecular weight is 449 g/mol. The van der Waals surface area contributed by atoms with Crippen LogP contribution < -0.4 is 10.2 Å². The van der Waals surface area contributed by atoms with Crippen LogP contribution in [-0.2, 0) is 9.53 Å². The van der Waals surface area contributed by atoms with Gasteiger partial charge in [0.25, 0.3) is 5.91 Å². The fourth-order valence-electron chi connectivity index (χ4n) is 3.70. The Bertz CT molecular complexity index is 1120. The highest BCUT2D eigenvalue weighted by molar-refractivity contribution is 5.98. The fraction of sp³-hybridized carbons (Fsp3) is 0.333. The first-order valence-electron chi connectivity index (χ1n) is 10.9. The van der Waals surface area contributed by atoms with Crippen molar-refractivity contribution in [1.29, 1.82) is 0 Å². The zero-order valence-corrected chi connectivity index (χ0v) is 19.1. The van der Waals surface area contributed by atoms with Gasteiger partial charge >= 0.3 is 0 Å². The third-order valence-electron chi connectivity index (χ3n) is 5.63. The minimum Gasteiger partial charge on any atom is -0.378 e. The molecule has 3 aromatic rings. The maximum absolute atomic E-state index is 12.9. The molecule has 9 nitrogen and oxygen atoms in total. The van der Waals surface area contributed by atoms with Gasteiger partial charge in [0.15, 0.2) is 5.69 Å². The largest absolute Gasteiger partial charge is 0.378 e. The van der Waals surface area contributed by atoms with E-state index in [1.54, 1.807) is 18.7 Å². The number of anilines is 2. The number of aryl methyl sites for hydroxylation is 1. The predicted octanol–water partition coefficient (Wildman–Crippen LogP) is 2.43. The van der Waals surface area contributed by atoms with Gasteiger partial charge in [0.05, 0.1) is 31.1 Å². The molecule has 0 aliphatic carbocycles. The quantitative estimate of drug-likeness (QED) is 0.623. The Hall–Kier alpha value is -3.72. The Morgan fingerprint density at radius 2 is 1.64 bits per heavy atom. The summed E-state index contributed by atoms with van der Waals surface area (Å²) in [6.07, 6.45) is 0. The molecule has 1 fully saturated rings. The summed E-state index contributed by atoms with van der Waals surface area (Å²) in [6.45, 7) is 6.84. The predicted molar refractivity (Wildman–Crippen MR) is 126 cm³/mol. The van der Waals surface area contributed by atoms with Gasteiger partial charge < -0.3 is 19.9 Å². The summed E-state index contributed by atoms with van der Waals surface area (Å²) in [6, 6.07) is 15.5. The van der Waals surface area contributed by atoms with Crippen molar-refractivity contribution in [1.82, 2.24) is 19.9 Å². The van der Waals surface area contributed by atoms with E-state index in [1.165, 1.54) is 4.90 Å². The number of likely N-dealkylation sites (N-methyl/N-ethyl adjacent to an activating group) is 1. The number of hydrogen-bond donors (Lipinski definition) is 1. The number of carbonyl (C=O) groups excluding carboxylic acids is 2. The maximum atomic E-state index is 12.9. The highest BCUT2D eigenvalue weighted by atomic mass is 16.5. The molecule has 0 radical (unpaired) electrons. The van der Waals surface area contributed by atoms with E-state index in [4.69, 9.17) is 4.74 Å². The highest BCUT2D eigenvalue weighted by Gasteiger charge is 2.22. The molecule has 0 bridgehead atoms. The van der Waals surface area contributed by atoms with Gasteiger partial charge in [-0.25, -0.2) is 4.68 Å². The van der Waals surface area contributed by atoms with Gasteiger partial charge in [-0.2, -0.15) is 0 Å². The van der Waals surface area contributed by atoms with Gasteiger partial charge in [-0.05, 0) is 50.2 Å². The first-order valence-corrected chi connectivity index (χ1v) is 10.9. The summed E-state index contributed by atoms with van der Waals surface area (Å²) in [5, 5.41) is 11.0. The summed E-state index contributed by atoms with van der Waals surface area (Å²) in [5.41, 5.74) is 4.57. The van der Waals surface area contributed by atoms with Crippen molar-refractivity contribution in [2.45, 2.75) is 13.8 Å². The van der Waals surface area contributed by atoms with E-state index in [0.29, 0.717) is 11.4 Å². The third kappa shape index (κ3) is 5.20. The number of nitrogens with zero attached hydrogens (tertiary/aromatic N) is 5. The van der Waals surface area contributed by atoms with Crippen molar-refractivity contribution in [3.8, 4) is 5.69 Å². The molecule has 2 heterocycles. The van der Waals surface area contributed by atoms with E-state index in [-0.39, 0.29) is 24.1 Å². The van der Waals surface area contributed by atoms with E-state index < -0.39 is 0 Å². The Labute approximate surface area is 192 Å². The van der Waals surface area contributed by atoms with Crippen LogP contribution in [0, 0.1) is 13.8 Å². The van der Waals surface area contributed by atoms with Gasteiger partial charge in [0.1, 0.15) is 0 Å². The smallest absolute Gasteiger partial charge is 0.276 e. The third-order valence-corrected chi connectivity index (χ3v) is 5.63. The molecule has 172 valence electrons. The number of nitrogens with one attached hydrogen (secondary N) is 1. The van der Waals surface area contributed by atoms with Crippen molar-refractivity contribution < 1.29 is 14.3 Å². The number of hydrogen-bond acceptors (Lipinski definition) is 6. The van der Waals surface area contributed by atoms with Crippen LogP contribution in [0.3, 0.4) is 0 Å². The number of benzene rings is 2. The Morgan fingerprint density at radius 3 is 2.30 bits per heavy atom. The zero-order valence-electron chi connectivity index (χ0n) is 19.1. The van der Waals surface area contributed by atoms with Gasteiger partial charge in [0.2, 0.25) is 5.91 Å². The first kappa shape index (κ1) is 22.5. The number of morpholine rings is 1. The Balaban J connectivity index is 1.36. The van der Waals surface area contributed by atoms with Crippen LogP contribution in [0.25, 0.3) is 5.69 Å². The van der Waals surface area contributed by atoms with Gasteiger partial charge in [-0.3, -0.25) is 9.59 Å². The molecule has 1 saturated heterocycles. The molecular weight excluding hydrogens is 420 g/mol. The second-order valence-electron chi connectivity index (χ2n) is 8.13. The Kier molecular flexibility index (Phi) is 6.69. The summed E-state index contributed by atoms with van der Waals surface area (Å²) in [4.78, 5) is 29.0. The summed E-state index contributed by atoms with van der Waals surface area (Å²) >= 11 is 0. The normalized spacial score (nSPS) is 13.6. The molecule has 33 heavy (non-hydrogen) atoms. The first-order chi connectivity index (χ1) is 15.9. The van der Waals surface area contributed by atoms with E-state index in [9.17, 15) is 9.59 Å². The molecule has 1 N–H and O–H groups in total. The molecule has 0 spiro atoms. The number of ether oxygens (including phenoxy) is 1. The summed E-state index contributed by atoms with van der Waals surface area (Å²) in [5.74, 6) is -0.641. The lowest BCUT2D eigenvalue weighted by Gasteiger charge is -2.28. The second kappa shape index (κ2) is 9.83. The SMILES string of the molecule is Cc1ccc(-n2nnc(C(=O)N(C)CC(=O)Nc3ccc(N4CCOCC4)cc3)c2C)cc1. The van der Waals surface area contributed by atoms with Crippen molar-refractivity contribution in [3.63, 3.8) is 0 Å².